The number of carbonyl (C=O) groups excluding carboxylic acids is 2. The number of hydrogen-bond donors (Lipinski definition) is 1. The molecule has 1 fully saturated rings. The Morgan fingerprint density at radius 3 is 2.37 bits per heavy atom. The number of aliphatic hydroxyl groups excluding tert-OH is 1. The molecule has 2 amide bonds. The fraction of sp³-hybridized carbons (Fsp3) is 0.317. The average molecular weight is 716 g/mol. The van der Waals surface area contributed by atoms with Gasteiger partial charge in [0.05, 0.1) is 39.2 Å². The van der Waals surface area contributed by atoms with E-state index < -0.39 is 13.7 Å². The lowest BCUT2D eigenvalue weighted by Gasteiger charge is -2.37. The highest BCUT2D eigenvalue weighted by Crippen LogP contribution is 2.60. The fourth-order valence-electron chi connectivity index (χ4n) is 8.44. The number of aryl methyl sites for hydroxylation is 1. The summed E-state index contributed by atoms with van der Waals surface area (Å²) in [6.45, 7) is 7.83. The van der Waals surface area contributed by atoms with Crippen LogP contribution in [0.25, 0.3) is 0 Å². The summed E-state index contributed by atoms with van der Waals surface area (Å²) in [5.41, 5.74) is 3.43. The Morgan fingerprint density at radius 1 is 0.981 bits per heavy atom. The minimum atomic E-state index is -2.39. The Morgan fingerprint density at radius 2 is 1.69 bits per heavy atom. The van der Waals surface area contributed by atoms with Crippen molar-refractivity contribution in [1.29, 1.82) is 0 Å². The third-order valence-electron chi connectivity index (χ3n) is 11.0. The number of benzene rings is 4. The number of anilines is 3. The van der Waals surface area contributed by atoms with E-state index in [4.69, 9.17) is 9.47 Å². The molecule has 1 aromatic heterocycles. The van der Waals surface area contributed by atoms with Crippen LogP contribution in [0.1, 0.15) is 30.2 Å². The van der Waals surface area contributed by atoms with Crippen LogP contribution in [-0.2, 0) is 39.4 Å². The zero-order chi connectivity index (χ0) is 36.5. The molecule has 0 unspecified atom stereocenters. The summed E-state index contributed by atoms with van der Waals surface area (Å²) in [4.78, 5) is 31.4. The Labute approximate surface area is 305 Å². The first kappa shape index (κ1) is 35.3. The molecule has 4 atom stereocenters. The lowest BCUT2D eigenvalue weighted by atomic mass is 9.82. The topological polar surface area (TPSA) is 110 Å². The van der Waals surface area contributed by atoms with E-state index in [0.717, 1.165) is 40.4 Å². The number of methoxy groups -OCH3 is 1. The third kappa shape index (κ3) is 6.22. The molecule has 7 rings (SSSR count). The smallest absolute Gasteiger partial charge is 0.264 e. The number of hydrogen-bond acceptors (Lipinski definition) is 7. The number of ether oxygens (including phenoxy) is 2. The van der Waals surface area contributed by atoms with Crippen LogP contribution < -0.4 is 19.7 Å². The molecule has 10 nitrogen and oxygen atoms in total. The van der Waals surface area contributed by atoms with E-state index in [2.05, 4.69) is 42.5 Å². The van der Waals surface area contributed by atoms with Crippen molar-refractivity contribution in [2.45, 2.75) is 63.2 Å². The minimum absolute atomic E-state index is 0.00296. The summed E-state index contributed by atoms with van der Waals surface area (Å²) in [6.07, 6.45) is 3.43. The predicted molar refractivity (Wildman–Crippen MR) is 204 cm³/mol. The molecule has 2 aliphatic heterocycles. The largest absolute Gasteiger partial charge is 0.497 e. The Balaban J connectivity index is 1.35. The second-order valence-electron chi connectivity index (χ2n) is 14.3. The summed E-state index contributed by atoms with van der Waals surface area (Å²) in [6, 6.07) is 33.7. The van der Waals surface area contributed by atoms with Crippen LogP contribution in [0.15, 0.2) is 109 Å². The first-order chi connectivity index (χ1) is 25.2. The van der Waals surface area contributed by atoms with Crippen molar-refractivity contribution in [3.05, 3.63) is 126 Å². The molecule has 0 radical (unpaired) electrons. The predicted octanol–water partition coefficient (Wildman–Crippen LogP) is 5.97. The van der Waals surface area contributed by atoms with Gasteiger partial charge in [0, 0.05) is 48.6 Å². The lowest BCUT2D eigenvalue weighted by Crippen LogP contribution is -2.51. The van der Waals surface area contributed by atoms with Crippen LogP contribution in [0.5, 0.6) is 5.75 Å². The van der Waals surface area contributed by atoms with Gasteiger partial charge in [0.15, 0.2) is 5.60 Å². The SMILES string of the molecule is COc1ccc([Si](C)(C)[C@@H]2[C@@H](CCn3cc(CCO)nn3)O[C@]3(C(=O)N(Cc4ccccc4)c4ccc(N(C=O)c5ccccc5)cc43)[C@H]2C)cc1. The first-order valence-corrected chi connectivity index (χ1v) is 20.9. The lowest BCUT2D eigenvalue weighted by molar-refractivity contribution is -0.146. The second kappa shape index (κ2) is 14.5. The van der Waals surface area contributed by atoms with Gasteiger partial charge in [-0.2, -0.15) is 0 Å². The van der Waals surface area contributed by atoms with E-state index in [1.807, 2.05) is 102 Å². The number of fused-ring (bicyclic) bond motifs is 2. The monoisotopic (exact) mass is 715 g/mol. The highest BCUT2D eigenvalue weighted by Gasteiger charge is 2.66. The van der Waals surface area contributed by atoms with Crippen molar-refractivity contribution in [2.24, 2.45) is 5.92 Å². The molecule has 11 heteroatoms. The summed E-state index contributed by atoms with van der Waals surface area (Å²) in [7, 11) is -0.716. The number of amides is 2. The summed E-state index contributed by atoms with van der Waals surface area (Å²) in [5.74, 6) is 0.487. The van der Waals surface area contributed by atoms with Gasteiger partial charge < -0.3 is 19.5 Å². The van der Waals surface area contributed by atoms with Crippen molar-refractivity contribution < 1.29 is 24.2 Å². The van der Waals surface area contributed by atoms with Crippen molar-refractivity contribution >= 4 is 42.6 Å². The van der Waals surface area contributed by atoms with Crippen LogP contribution in [0.2, 0.25) is 18.6 Å². The van der Waals surface area contributed by atoms with Gasteiger partial charge >= 0.3 is 0 Å². The molecule has 4 aromatic carbocycles. The van der Waals surface area contributed by atoms with Crippen LogP contribution in [0.4, 0.5) is 17.1 Å². The molecule has 0 aliphatic carbocycles. The Bertz CT molecular complexity index is 2020. The summed E-state index contributed by atoms with van der Waals surface area (Å²) >= 11 is 0. The summed E-state index contributed by atoms with van der Waals surface area (Å²) < 4.78 is 14.7. The van der Waals surface area contributed by atoms with Crippen molar-refractivity contribution in [3.8, 4) is 5.75 Å². The molecule has 52 heavy (non-hydrogen) atoms. The van der Waals surface area contributed by atoms with Crippen LogP contribution in [-0.4, -0.2) is 60.3 Å². The molecule has 2 aliphatic rings. The van der Waals surface area contributed by atoms with Crippen LogP contribution in [0, 0.1) is 5.92 Å². The number of rotatable bonds is 13. The molecule has 1 saturated heterocycles. The van der Waals surface area contributed by atoms with Crippen molar-refractivity contribution in [3.63, 3.8) is 0 Å². The zero-order valence-electron chi connectivity index (χ0n) is 30.1. The first-order valence-electron chi connectivity index (χ1n) is 17.8. The average Bonchev–Trinajstić information content (AvgIpc) is 3.82. The maximum absolute atomic E-state index is 15.3. The number of nitrogens with zero attached hydrogens (tertiary/aromatic N) is 5. The number of carbonyl (C=O) groups is 2. The van der Waals surface area contributed by atoms with Gasteiger partial charge in [-0.05, 0) is 60.0 Å². The molecule has 268 valence electrons. The van der Waals surface area contributed by atoms with E-state index >= 15 is 4.79 Å². The fourth-order valence-corrected chi connectivity index (χ4v) is 12.5. The molecule has 3 heterocycles. The Kier molecular flexibility index (Phi) is 9.84. The van der Waals surface area contributed by atoms with Gasteiger partial charge in [-0.25, -0.2) is 0 Å². The van der Waals surface area contributed by atoms with E-state index in [1.54, 1.807) is 16.7 Å². The van der Waals surface area contributed by atoms with Crippen molar-refractivity contribution in [2.75, 3.05) is 23.5 Å². The maximum atomic E-state index is 15.3. The molecule has 0 bridgehead atoms. The van der Waals surface area contributed by atoms with E-state index in [1.165, 1.54) is 5.19 Å². The normalized spacial score (nSPS) is 21.1. The molecule has 5 aromatic rings. The maximum Gasteiger partial charge on any atom is 0.264 e. The Hall–Kier alpha value is -5.10. The third-order valence-corrected chi connectivity index (χ3v) is 15.4. The second-order valence-corrected chi connectivity index (χ2v) is 19.0. The molecular weight excluding hydrogens is 671 g/mol. The van der Waals surface area contributed by atoms with Gasteiger partial charge in [0.25, 0.3) is 5.91 Å². The minimum Gasteiger partial charge on any atom is -0.497 e. The summed E-state index contributed by atoms with van der Waals surface area (Å²) in [5, 5.41) is 19.3. The molecular formula is C41H45N5O5Si. The quantitative estimate of drug-likeness (QED) is 0.118. The van der Waals surface area contributed by atoms with Gasteiger partial charge in [0.2, 0.25) is 6.41 Å². The van der Waals surface area contributed by atoms with Crippen LogP contribution >= 0.6 is 0 Å². The van der Waals surface area contributed by atoms with E-state index in [9.17, 15) is 9.90 Å². The van der Waals surface area contributed by atoms with Gasteiger partial charge in [-0.1, -0.05) is 91.1 Å². The number of para-hydroxylation sites is 1. The highest BCUT2D eigenvalue weighted by molar-refractivity contribution is 6.91. The van der Waals surface area contributed by atoms with Crippen molar-refractivity contribution in [1.82, 2.24) is 15.0 Å². The van der Waals surface area contributed by atoms with E-state index in [-0.39, 0.29) is 30.1 Å². The highest BCUT2D eigenvalue weighted by atomic mass is 28.3. The van der Waals surface area contributed by atoms with E-state index in [0.29, 0.717) is 31.6 Å². The molecule has 1 spiro atoms. The number of aliphatic hydroxyl groups is 1. The van der Waals surface area contributed by atoms with Gasteiger partial charge in [-0.15, -0.1) is 5.10 Å². The van der Waals surface area contributed by atoms with Gasteiger partial charge in [0.1, 0.15) is 5.75 Å². The molecule has 0 saturated carbocycles. The molecule has 1 N–H and O–H groups in total. The zero-order valence-corrected chi connectivity index (χ0v) is 31.1. The number of aromatic nitrogens is 3. The van der Waals surface area contributed by atoms with Gasteiger partial charge in [-0.3, -0.25) is 19.2 Å². The standard InChI is InChI=1S/C41H45N5O5Si/c1-29-39(52(3,4)35-18-16-34(50-2)17-19-35)38(21-23-44-27-31(22-24-47)42-43-44)51-41(29)36-25-33(46(28-48)32-13-9-6-10-14-32)15-20-37(36)45(40(41)49)26-30-11-7-5-8-12-30/h5-20,25,27-29,38-39,47H,21-24,26H2,1-4H3/t29-,38+,39-,41+/m0/s1. The van der Waals surface area contributed by atoms with Crippen LogP contribution in [0.3, 0.4) is 0 Å².